The van der Waals surface area contributed by atoms with Crippen molar-refractivity contribution in [1.82, 2.24) is 9.97 Å². The van der Waals surface area contributed by atoms with Gasteiger partial charge in [0.15, 0.2) is 0 Å². The van der Waals surface area contributed by atoms with Crippen molar-refractivity contribution >= 4 is 5.78 Å². The molecule has 0 atom stereocenters. The molecule has 0 bridgehead atoms. The standard InChI is InChI=1S/C8H8F2N2O/c1-5(13)2-6-3-11-4-7(12-6)8(9)10/h3-4,8H,2H2,1H3. The Morgan fingerprint density at radius 1 is 1.54 bits per heavy atom. The van der Waals surface area contributed by atoms with Crippen molar-refractivity contribution in [3.05, 3.63) is 23.8 Å². The Morgan fingerprint density at radius 2 is 2.23 bits per heavy atom. The van der Waals surface area contributed by atoms with Crippen LogP contribution >= 0.6 is 0 Å². The number of aromatic nitrogens is 2. The molecule has 0 aliphatic heterocycles. The molecule has 0 saturated heterocycles. The molecule has 3 nitrogen and oxygen atoms in total. The van der Waals surface area contributed by atoms with Gasteiger partial charge in [0.05, 0.1) is 11.9 Å². The van der Waals surface area contributed by atoms with E-state index in [2.05, 4.69) is 9.97 Å². The maximum Gasteiger partial charge on any atom is 0.281 e. The zero-order valence-electron chi connectivity index (χ0n) is 7.00. The van der Waals surface area contributed by atoms with E-state index < -0.39 is 12.1 Å². The molecule has 5 heteroatoms. The summed E-state index contributed by atoms with van der Waals surface area (Å²) in [6, 6.07) is 0. The lowest BCUT2D eigenvalue weighted by atomic mass is 10.2. The van der Waals surface area contributed by atoms with Crippen LogP contribution in [0.3, 0.4) is 0 Å². The van der Waals surface area contributed by atoms with E-state index in [1.165, 1.54) is 13.1 Å². The largest absolute Gasteiger partial charge is 0.300 e. The Bertz CT molecular complexity index is 315. The molecule has 0 N–H and O–H groups in total. The van der Waals surface area contributed by atoms with Crippen LogP contribution in [0.4, 0.5) is 8.78 Å². The van der Waals surface area contributed by atoms with Gasteiger partial charge in [-0.15, -0.1) is 0 Å². The molecule has 0 amide bonds. The van der Waals surface area contributed by atoms with Gasteiger partial charge >= 0.3 is 0 Å². The number of hydrogen-bond donors (Lipinski definition) is 0. The predicted octanol–water partition coefficient (Wildman–Crippen LogP) is 1.55. The molecule has 1 aromatic rings. The van der Waals surface area contributed by atoms with Crippen LogP contribution in [-0.4, -0.2) is 15.8 Å². The second kappa shape index (κ2) is 4.02. The lowest BCUT2D eigenvalue weighted by molar-refractivity contribution is -0.116. The number of alkyl halides is 2. The van der Waals surface area contributed by atoms with E-state index >= 15 is 0 Å². The molecule has 0 saturated carbocycles. The highest BCUT2D eigenvalue weighted by Crippen LogP contribution is 2.14. The van der Waals surface area contributed by atoms with Gasteiger partial charge in [0, 0.05) is 12.6 Å². The van der Waals surface area contributed by atoms with E-state index in [1.54, 1.807) is 0 Å². The monoisotopic (exact) mass is 186 g/mol. The van der Waals surface area contributed by atoms with Crippen LogP contribution in [0, 0.1) is 0 Å². The molecule has 0 aliphatic rings. The van der Waals surface area contributed by atoms with E-state index in [1.807, 2.05) is 0 Å². The van der Waals surface area contributed by atoms with Crippen LogP contribution in [-0.2, 0) is 11.2 Å². The van der Waals surface area contributed by atoms with Crippen LogP contribution in [0.25, 0.3) is 0 Å². The highest BCUT2D eigenvalue weighted by molar-refractivity contribution is 5.77. The van der Waals surface area contributed by atoms with E-state index in [-0.39, 0.29) is 17.9 Å². The normalized spacial score (nSPS) is 10.5. The van der Waals surface area contributed by atoms with Gasteiger partial charge in [0.1, 0.15) is 11.5 Å². The minimum atomic E-state index is -2.64. The van der Waals surface area contributed by atoms with Gasteiger partial charge in [-0.1, -0.05) is 0 Å². The van der Waals surface area contributed by atoms with E-state index in [4.69, 9.17) is 0 Å². The number of rotatable bonds is 3. The van der Waals surface area contributed by atoms with E-state index in [0.29, 0.717) is 0 Å². The molecule has 0 spiro atoms. The number of halogens is 2. The molecule has 1 aromatic heterocycles. The number of carbonyl (C=O) groups excluding carboxylic acids is 1. The maximum atomic E-state index is 12.1. The van der Waals surface area contributed by atoms with Gasteiger partial charge in [0.25, 0.3) is 6.43 Å². The Labute approximate surface area is 73.8 Å². The molecular weight excluding hydrogens is 178 g/mol. The average Bonchev–Trinajstić information content (AvgIpc) is 2.03. The molecule has 0 aromatic carbocycles. The minimum Gasteiger partial charge on any atom is -0.300 e. The molecular formula is C8H8F2N2O. The molecule has 0 fully saturated rings. The first-order valence-electron chi connectivity index (χ1n) is 3.68. The SMILES string of the molecule is CC(=O)Cc1cncc(C(F)F)n1. The molecule has 13 heavy (non-hydrogen) atoms. The quantitative estimate of drug-likeness (QED) is 0.719. The maximum absolute atomic E-state index is 12.1. The first-order chi connectivity index (χ1) is 6.09. The fourth-order valence-electron chi connectivity index (χ4n) is 0.869. The van der Waals surface area contributed by atoms with Crippen LogP contribution < -0.4 is 0 Å². The van der Waals surface area contributed by atoms with E-state index in [9.17, 15) is 13.6 Å². The smallest absolute Gasteiger partial charge is 0.281 e. The lowest BCUT2D eigenvalue weighted by Gasteiger charge is -2.00. The predicted molar refractivity (Wildman–Crippen MR) is 41.4 cm³/mol. The average molecular weight is 186 g/mol. The highest BCUT2D eigenvalue weighted by Gasteiger charge is 2.10. The Morgan fingerprint density at radius 3 is 2.77 bits per heavy atom. The fraction of sp³-hybridized carbons (Fsp3) is 0.375. The zero-order chi connectivity index (χ0) is 9.84. The van der Waals surface area contributed by atoms with Gasteiger partial charge in [-0.05, 0) is 6.92 Å². The van der Waals surface area contributed by atoms with Crippen LogP contribution in [0.15, 0.2) is 12.4 Å². The van der Waals surface area contributed by atoms with Gasteiger partial charge in [-0.3, -0.25) is 9.78 Å². The molecule has 1 heterocycles. The van der Waals surface area contributed by atoms with Crippen molar-refractivity contribution < 1.29 is 13.6 Å². The summed E-state index contributed by atoms with van der Waals surface area (Å²) >= 11 is 0. The lowest BCUT2D eigenvalue weighted by Crippen LogP contribution is -2.02. The van der Waals surface area contributed by atoms with E-state index in [0.717, 1.165) is 6.20 Å². The Kier molecular flexibility index (Phi) is 3.00. The molecule has 0 unspecified atom stereocenters. The first-order valence-corrected chi connectivity index (χ1v) is 3.68. The summed E-state index contributed by atoms with van der Waals surface area (Å²) in [5.41, 5.74) is -0.107. The van der Waals surface area contributed by atoms with Gasteiger partial charge < -0.3 is 0 Å². The van der Waals surface area contributed by atoms with Crippen molar-refractivity contribution in [2.45, 2.75) is 19.8 Å². The number of nitrogens with zero attached hydrogens (tertiary/aromatic N) is 2. The van der Waals surface area contributed by atoms with Crippen LogP contribution in [0.1, 0.15) is 24.7 Å². The summed E-state index contributed by atoms with van der Waals surface area (Å²) in [5.74, 6) is -0.124. The zero-order valence-corrected chi connectivity index (χ0v) is 7.00. The van der Waals surface area contributed by atoms with Crippen molar-refractivity contribution in [3.63, 3.8) is 0 Å². The highest BCUT2D eigenvalue weighted by atomic mass is 19.3. The van der Waals surface area contributed by atoms with Gasteiger partial charge in [-0.2, -0.15) is 0 Å². The summed E-state index contributed by atoms with van der Waals surface area (Å²) < 4.78 is 24.2. The Balaban J connectivity index is 2.85. The number of hydrogen-bond acceptors (Lipinski definition) is 3. The second-order valence-electron chi connectivity index (χ2n) is 2.61. The van der Waals surface area contributed by atoms with Crippen molar-refractivity contribution in [3.8, 4) is 0 Å². The molecule has 0 radical (unpaired) electrons. The van der Waals surface area contributed by atoms with Gasteiger partial charge in [-0.25, -0.2) is 13.8 Å². The summed E-state index contributed by atoms with van der Waals surface area (Å²) in [6.45, 7) is 1.37. The first kappa shape index (κ1) is 9.70. The summed E-state index contributed by atoms with van der Waals surface area (Å²) in [5, 5.41) is 0. The van der Waals surface area contributed by atoms with Gasteiger partial charge in [0.2, 0.25) is 0 Å². The molecule has 0 aliphatic carbocycles. The second-order valence-corrected chi connectivity index (χ2v) is 2.61. The fourth-order valence-corrected chi connectivity index (χ4v) is 0.869. The molecule has 1 rings (SSSR count). The van der Waals surface area contributed by atoms with Crippen molar-refractivity contribution in [2.75, 3.05) is 0 Å². The van der Waals surface area contributed by atoms with Crippen molar-refractivity contribution in [1.29, 1.82) is 0 Å². The molecule has 70 valence electrons. The third-order valence-corrected chi connectivity index (χ3v) is 1.36. The van der Waals surface area contributed by atoms with Crippen LogP contribution in [0.2, 0.25) is 0 Å². The Hall–Kier alpha value is -1.39. The number of carbonyl (C=O) groups is 1. The summed E-state index contributed by atoms with van der Waals surface area (Å²) in [4.78, 5) is 17.8. The summed E-state index contributed by atoms with van der Waals surface area (Å²) in [6.07, 6.45) is -0.283. The third kappa shape index (κ3) is 2.85. The number of ketones is 1. The number of Topliss-reactive ketones (excluding diaryl/α,β-unsaturated/α-hetero) is 1. The topological polar surface area (TPSA) is 42.9 Å². The summed E-state index contributed by atoms with van der Waals surface area (Å²) in [7, 11) is 0. The third-order valence-electron chi connectivity index (χ3n) is 1.36. The van der Waals surface area contributed by atoms with Crippen LogP contribution in [0.5, 0.6) is 0 Å². The van der Waals surface area contributed by atoms with Crippen molar-refractivity contribution in [2.24, 2.45) is 0 Å². The minimum absolute atomic E-state index is 0.0492.